The van der Waals surface area contributed by atoms with Gasteiger partial charge in [0, 0.05) is 11.1 Å². The fraction of sp³-hybridized carbons (Fsp3) is 0.538. The van der Waals surface area contributed by atoms with Crippen molar-refractivity contribution in [3.63, 3.8) is 0 Å². The van der Waals surface area contributed by atoms with Gasteiger partial charge in [0.1, 0.15) is 0 Å². The van der Waals surface area contributed by atoms with Gasteiger partial charge in [0.2, 0.25) is 0 Å². The van der Waals surface area contributed by atoms with Crippen LogP contribution in [0.15, 0.2) is 18.2 Å². The number of nitrogens with two attached hydrogens (primary N) is 1. The second-order valence-electron chi connectivity index (χ2n) is 4.84. The van der Waals surface area contributed by atoms with Gasteiger partial charge in [-0.05, 0) is 42.5 Å². The van der Waals surface area contributed by atoms with E-state index in [2.05, 4.69) is 0 Å². The van der Waals surface area contributed by atoms with Crippen molar-refractivity contribution in [2.75, 3.05) is 0 Å². The van der Waals surface area contributed by atoms with Crippen LogP contribution in [-0.4, -0.2) is 0 Å². The Bertz CT molecular complexity index is 425. The highest BCUT2D eigenvalue weighted by Gasteiger charge is 2.32. The van der Waals surface area contributed by atoms with Crippen molar-refractivity contribution < 1.29 is 13.2 Å². The van der Waals surface area contributed by atoms with E-state index in [4.69, 9.17) is 17.3 Å². The van der Waals surface area contributed by atoms with Gasteiger partial charge in [-0.1, -0.05) is 24.4 Å². The summed E-state index contributed by atoms with van der Waals surface area (Å²) in [5, 5.41) is 0.0910. The lowest BCUT2D eigenvalue weighted by Crippen LogP contribution is -2.20. The van der Waals surface area contributed by atoms with Gasteiger partial charge in [0.15, 0.2) is 0 Å². The predicted octanol–water partition coefficient (Wildman–Crippen LogP) is 4.55. The number of benzene rings is 1. The molecule has 0 aromatic heterocycles. The van der Waals surface area contributed by atoms with E-state index in [-0.39, 0.29) is 17.0 Å². The van der Waals surface area contributed by atoms with Crippen LogP contribution in [0.2, 0.25) is 5.02 Å². The zero-order chi connectivity index (χ0) is 13.3. The Hall–Kier alpha value is -0.740. The molecule has 2 rings (SSSR count). The first-order valence-electron chi connectivity index (χ1n) is 6.01. The molecule has 2 N–H and O–H groups in total. The lowest BCUT2D eigenvalue weighted by molar-refractivity contribution is -0.137. The van der Waals surface area contributed by atoms with Crippen molar-refractivity contribution in [1.29, 1.82) is 0 Å². The molecular formula is C13H15ClF3N. The number of hydrogen-bond acceptors (Lipinski definition) is 1. The Morgan fingerprint density at radius 2 is 1.78 bits per heavy atom. The molecule has 1 aliphatic carbocycles. The minimum absolute atomic E-state index is 0.0910. The van der Waals surface area contributed by atoms with Gasteiger partial charge < -0.3 is 5.73 Å². The predicted molar refractivity (Wildman–Crippen MR) is 65.3 cm³/mol. The Labute approximate surface area is 109 Å². The van der Waals surface area contributed by atoms with Crippen LogP contribution >= 0.6 is 11.6 Å². The van der Waals surface area contributed by atoms with E-state index in [0.717, 1.165) is 37.8 Å². The minimum atomic E-state index is -4.38. The number of hydrogen-bond donors (Lipinski definition) is 1. The molecule has 0 bridgehead atoms. The van der Waals surface area contributed by atoms with E-state index in [9.17, 15) is 13.2 Å². The summed E-state index contributed by atoms with van der Waals surface area (Å²) in [5.74, 6) is 0.268. The van der Waals surface area contributed by atoms with Gasteiger partial charge in [-0.25, -0.2) is 0 Å². The molecule has 1 fully saturated rings. The number of alkyl halides is 3. The molecule has 0 saturated heterocycles. The maximum atomic E-state index is 12.7. The summed E-state index contributed by atoms with van der Waals surface area (Å²) in [6, 6.07) is 3.24. The third kappa shape index (κ3) is 2.98. The summed E-state index contributed by atoms with van der Waals surface area (Å²) >= 11 is 5.75. The van der Waals surface area contributed by atoms with Crippen molar-refractivity contribution in [3.8, 4) is 0 Å². The van der Waals surface area contributed by atoms with E-state index in [0.29, 0.717) is 5.56 Å². The van der Waals surface area contributed by atoms with Crippen LogP contribution in [-0.2, 0) is 6.18 Å². The van der Waals surface area contributed by atoms with Gasteiger partial charge in [-0.2, -0.15) is 13.2 Å². The zero-order valence-electron chi connectivity index (χ0n) is 9.80. The minimum Gasteiger partial charge on any atom is -0.324 e. The molecule has 100 valence electrons. The van der Waals surface area contributed by atoms with Gasteiger partial charge in [-0.15, -0.1) is 0 Å². The second kappa shape index (κ2) is 5.10. The molecule has 0 radical (unpaired) electrons. The molecule has 1 nitrogen and oxygen atoms in total. The summed E-state index contributed by atoms with van der Waals surface area (Å²) in [6.45, 7) is 0. The van der Waals surface area contributed by atoms with E-state index in [1.165, 1.54) is 0 Å². The Morgan fingerprint density at radius 3 is 2.33 bits per heavy atom. The van der Waals surface area contributed by atoms with Gasteiger partial charge in [0.05, 0.1) is 5.56 Å². The molecule has 0 unspecified atom stereocenters. The summed E-state index contributed by atoms with van der Waals surface area (Å²) in [5.41, 5.74) is 5.82. The SMILES string of the molecule is N[C@@H](c1cc(Cl)cc(C(F)(F)F)c1)C1CCCC1. The van der Waals surface area contributed by atoms with Crippen molar-refractivity contribution in [2.24, 2.45) is 11.7 Å². The monoisotopic (exact) mass is 277 g/mol. The van der Waals surface area contributed by atoms with Crippen LogP contribution in [0.1, 0.15) is 42.9 Å². The fourth-order valence-corrected chi connectivity index (χ4v) is 2.80. The van der Waals surface area contributed by atoms with E-state index < -0.39 is 11.7 Å². The van der Waals surface area contributed by atoms with Crippen molar-refractivity contribution >= 4 is 11.6 Å². The Kier molecular flexibility index (Phi) is 3.87. The van der Waals surface area contributed by atoms with Crippen molar-refractivity contribution in [3.05, 3.63) is 34.3 Å². The molecule has 1 aromatic rings. The van der Waals surface area contributed by atoms with Crippen LogP contribution in [0.5, 0.6) is 0 Å². The molecule has 0 heterocycles. The summed E-state index contributed by atoms with van der Waals surface area (Å²) < 4.78 is 38.1. The maximum Gasteiger partial charge on any atom is 0.416 e. The van der Waals surface area contributed by atoms with Crippen LogP contribution in [0.25, 0.3) is 0 Å². The average Bonchev–Trinajstić information content (AvgIpc) is 2.79. The maximum absolute atomic E-state index is 12.7. The third-order valence-corrected chi connectivity index (χ3v) is 3.76. The normalized spacial score (nSPS) is 19.2. The van der Waals surface area contributed by atoms with Crippen LogP contribution in [0, 0.1) is 5.92 Å². The smallest absolute Gasteiger partial charge is 0.324 e. The summed E-state index contributed by atoms with van der Waals surface area (Å²) in [6.07, 6.45) is -0.213. The molecule has 0 spiro atoms. The molecule has 1 aliphatic rings. The highest BCUT2D eigenvalue weighted by Crippen LogP contribution is 2.38. The number of halogens is 4. The molecule has 18 heavy (non-hydrogen) atoms. The average molecular weight is 278 g/mol. The molecule has 1 atom stereocenters. The molecule has 5 heteroatoms. The van der Waals surface area contributed by atoms with Gasteiger partial charge in [-0.3, -0.25) is 0 Å². The fourth-order valence-electron chi connectivity index (χ4n) is 2.56. The molecule has 1 saturated carbocycles. The summed E-state index contributed by atoms with van der Waals surface area (Å²) in [4.78, 5) is 0. The molecular weight excluding hydrogens is 263 g/mol. The van der Waals surface area contributed by atoms with E-state index in [1.807, 2.05) is 0 Å². The first kappa shape index (κ1) is 13.7. The van der Waals surface area contributed by atoms with Crippen LogP contribution in [0.3, 0.4) is 0 Å². The highest BCUT2D eigenvalue weighted by atomic mass is 35.5. The lowest BCUT2D eigenvalue weighted by Gasteiger charge is -2.20. The van der Waals surface area contributed by atoms with Crippen LogP contribution < -0.4 is 5.73 Å². The Morgan fingerprint density at radius 1 is 1.17 bits per heavy atom. The van der Waals surface area contributed by atoms with Crippen LogP contribution in [0.4, 0.5) is 13.2 Å². The molecule has 0 aliphatic heterocycles. The van der Waals surface area contributed by atoms with E-state index in [1.54, 1.807) is 6.07 Å². The van der Waals surface area contributed by atoms with Gasteiger partial charge in [0.25, 0.3) is 0 Å². The zero-order valence-corrected chi connectivity index (χ0v) is 10.6. The van der Waals surface area contributed by atoms with Gasteiger partial charge >= 0.3 is 6.18 Å². The summed E-state index contributed by atoms with van der Waals surface area (Å²) in [7, 11) is 0. The standard InChI is InChI=1S/C13H15ClF3N/c14-11-6-9(5-10(7-11)13(15,16)17)12(18)8-3-1-2-4-8/h5-8,12H,1-4,18H2/t12-/m1/s1. The topological polar surface area (TPSA) is 26.0 Å². The largest absolute Gasteiger partial charge is 0.416 e. The lowest BCUT2D eigenvalue weighted by atomic mass is 9.91. The van der Waals surface area contributed by atoms with Crippen molar-refractivity contribution in [1.82, 2.24) is 0 Å². The van der Waals surface area contributed by atoms with E-state index >= 15 is 0 Å². The first-order chi connectivity index (χ1) is 8.38. The molecule has 0 amide bonds. The molecule has 1 aromatic carbocycles. The van der Waals surface area contributed by atoms with Crippen molar-refractivity contribution in [2.45, 2.75) is 37.9 Å². The number of rotatable bonds is 2. The quantitative estimate of drug-likeness (QED) is 0.843. The first-order valence-corrected chi connectivity index (χ1v) is 6.39. The third-order valence-electron chi connectivity index (χ3n) is 3.54. The second-order valence-corrected chi connectivity index (χ2v) is 5.28. The highest BCUT2D eigenvalue weighted by molar-refractivity contribution is 6.30. The Balaban J connectivity index is 2.29.